The Labute approximate surface area is 92.9 Å². The van der Waals surface area contributed by atoms with E-state index in [1.54, 1.807) is 0 Å². The molecule has 1 aromatic rings. The Morgan fingerprint density at radius 2 is 1.93 bits per heavy atom. The fourth-order valence-electron chi connectivity index (χ4n) is 1.54. The minimum Gasteiger partial charge on any atom is -0.492 e. The Kier molecular flexibility index (Phi) is 5.19. The predicted molar refractivity (Wildman–Crippen MR) is 64.5 cm³/mol. The first-order chi connectivity index (χ1) is 7.26. The molecule has 0 bridgehead atoms. The summed E-state index contributed by atoms with van der Waals surface area (Å²) in [5, 5.41) is 0. The minimum atomic E-state index is 0.769. The van der Waals surface area contributed by atoms with Gasteiger partial charge in [-0.25, -0.2) is 0 Å². The van der Waals surface area contributed by atoms with E-state index in [1.165, 1.54) is 5.56 Å². The maximum absolute atomic E-state index is 5.68. The lowest BCUT2D eigenvalue weighted by atomic mass is 10.2. The number of hydrogen-bond acceptors (Lipinski definition) is 2. The van der Waals surface area contributed by atoms with E-state index in [0.717, 1.165) is 32.0 Å². The average Bonchev–Trinajstić information content (AvgIpc) is 2.25. The summed E-state index contributed by atoms with van der Waals surface area (Å²) in [6.45, 7) is 10.4. The fourth-order valence-corrected chi connectivity index (χ4v) is 1.54. The summed E-state index contributed by atoms with van der Waals surface area (Å²) < 4.78 is 5.68. The summed E-state index contributed by atoms with van der Waals surface area (Å²) >= 11 is 0. The lowest BCUT2D eigenvalue weighted by Gasteiger charge is -2.18. The van der Waals surface area contributed by atoms with Gasteiger partial charge < -0.3 is 9.64 Å². The van der Waals surface area contributed by atoms with Crippen molar-refractivity contribution in [3.8, 4) is 5.75 Å². The quantitative estimate of drug-likeness (QED) is 0.711. The largest absolute Gasteiger partial charge is 0.492 e. The average molecular weight is 207 g/mol. The van der Waals surface area contributed by atoms with Crippen molar-refractivity contribution >= 4 is 0 Å². The molecule has 15 heavy (non-hydrogen) atoms. The molecule has 0 saturated carbocycles. The molecule has 0 aromatic heterocycles. The van der Waals surface area contributed by atoms with E-state index in [-0.39, 0.29) is 0 Å². The zero-order chi connectivity index (χ0) is 11.1. The van der Waals surface area contributed by atoms with Crippen LogP contribution in [0.2, 0.25) is 0 Å². The Balaban J connectivity index is 2.31. The lowest BCUT2D eigenvalue weighted by molar-refractivity contribution is 0.223. The van der Waals surface area contributed by atoms with Gasteiger partial charge in [-0.3, -0.25) is 0 Å². The molecule has 0 aliphatic rings. The third-order valence-corrected chi connectivity index (χ3v) is 2.56. The van der Waals surface area contributed by atoms with Crippen LogP contribution in [0.3, 0.4) is 0 Å². The Morgan fingerprint density at radius 1 is 1.20 bits per heavy atom. The zero-order valence-corrected chi connectivity index (χ0v) is 9.99. The third-order valence-electron chi connectivity index (χ3n) is 2.56. The Bertz CT molecular complexity index is 282. The van der Waals surface area contributed by atoms with Crippen molar-refractivity contribution in [2.75, 3.05) is 26.2 Å². The number of ether oxygens (including phenoxy) is 1. The summed E-state index contributed by atoms with van der Waals surface area (Å²) in [4.78, 5) is 2.36. The molecule has 0 spiro atoms. The summed E-state index contributed by atoms with van der Waals surface area (Å²) in [6.07, 6.45) is 0. The van der Waals surface area contributed by atoms with Crippen LogP contribution in [0.15, 0.2) is 24.3 Å². The number of likely N-dealkylation sites (N-methyl/N-ethyl adjacent to an activating group) is 1. The van der Waals surface area contributed by atoms with E-state index >= 15 is 0 Å². The van der Waals surface area contributed by atoms with E-state index < -0.39 is 0 Å². The maximum Gasteiger partial charge on any atom is 0.119 e. The van der Waals surface area contributed by atoms with Gasteiger partial charge in [-0.05, 0) is 37.7 Å². The molecule has 0 heterocycles. The second kappa shape index (κ2) is 6.46. The fraction of sp³-hybridized carbons (Fsp3) is 0.538. The number of rotatable bonds is 6. The standard InChI is InChI=1S/C13H21NO/c1-4-14(5-2)9-10-15-13-8-6-7-12(3)11-13/h6-8,11H,4-5,9-10H2,1-3H3. The molecule has 2 nitrogen and oxygen atoms in total. The second-order valence-corrected chi connectivity index (χ2v) is 3.69. The monoisotopic (exact) mass is 207 g/mol. The highest BCUT2D eigenvalue weighted by atomic mass is 16.5. The van der Waals surface area contributed by atoms with Crippen LogP contribution in [0.4, 0.5) is 0 Å². The molecule has 0 amide bonds. The molecule has 0 fully saturated rings. The third kappa shape index (κ3) is 4.34. The van der Waals surface area contributed by atoms with Crippen molar-refractivity contribution in [1.29, 1.82) is 0 Å². The van der Waals surface area contributed by atoms with E-state index in [9.17, 15) is 0 Å². The molecule has 84 valence electrons. The van der Waals surface area contributed by atoms with Crippen LogP contribution in [0, 0.1) is 6.92 Å². The number of nitrogens with zero attached hydrogens (tertiary/aromatic N) is 1. The van der Waals surface area contributed by atoms with E-state index in [1.807, 2.05) is 12.1 Å². The molecule has 0 N–H and O–H groups in total. The molecule has 2 heteroatoms. The lowest BCUT2D eigenvalue weighted by Crippen LogP contribution is -2.27. The van der Waals surface area contributed by atoms with Crippen LogP contribution in [0.1, 0.15) is 19.4 Å². The van der Waals surface area contributed by atoms with E-state index in [2.05, 4.69) is 37.8 Å². The summed E-state index contributed by atoms with van der Waals surface area (Å²) in [5.41, 5.74) is 1.25. The summed E-state index contributed by atoms with van der Waals surface area (Å²) in [7, 11) is 0. The minimum absolute atomic E-state index is 0.769. The van der Waals surface area contributed by atoms with Crippen molar-refractivity contribution in [3.63, 3.8) is 0 Å². The van der Waals surface area contributed by atoms with Gasteiger partial charge in [-0.2, -0.15) is 0 Å². The van der Waals surface area contributed by atoms with Gasteiger partial charge in [0.1, 0.15) is 12.4 Å². The summed E-state index contributed by atoms with van der Waals surface area (Å²) in [6, 6.07) is 8.19. The highest BCUT2D eigenvalue weighted by Crippen LogP contribution is 2.11. The van der Waals surface area contributed by atoms with Crippen molar-refractivity contribution in [2.45, 2.75) is 20.8 Å². The van der Waals surface area contributed by atoms with Gasteiger partial charge in [0.05, 0.1) is 0 Å². The first kappa shape index (κ1) is 12.1. The molecule has 0 aliphatic heterocycles. The first-order valence-electron chi connectivity index (χ1n) is 5.68. The highest BCUT2D eigenvalue weighted by Gasteiger charge is 1.99. The van der Waals surface area contributed by atoms with Gasteiger partial charge in [-0.15, -0.1) is 0 Å². The maximum atomic E-state index is 5.68. The Morgan fingerprint density at radius 3 is 2.53 bits per heavy atom. The van der Waals surface area contributed by atoms with Crippen molar-refractivity contribution in [1.82, 2.24) is 4.90 Å². The smallest absolute Gasteiger partial charge is 0.119 e. The molecule has 1 aromatic carbocycles. The predicted octanol–water partition coefficient (Wildman–Crippen LogP) is 2.72. The van der Waals surface area contributed by atoms with Gasteiger partial charge in [0.25, 0.3) is 0 Å². The van der Waals surface area contributed by atoms with Crippen molar-refractivity contribution in [2.24, 2.45) is 0 Å². The van der Waals surface area contributed by atoms with Gasteiger partial charge in [-0.1, -0.05) is 26.0 Å². The van der Waals surface area contributed by atoms with Gasteiger partial charge in [0.15, 0.2) is 0 Å². The van der Waals surface area contributed by atoms with Crippen LogP contribution in [0.5, 0.6) is 5.75 Å². The SMILES string of the molecule is CCN(CC)CCOc1cccc(C)c1. The number of aryl methyl sites for hydroxylation is 1. The van der Waals surface area contributed by atoms with Gasteiger partial charge >= 0.3 is 0 Å². The number of hydrogen-bond donors (Lipinski definition) is 0. The summed E-state index contributed by atoms with van der Waals surface area (Å²) in [5.74, 6) is 0.974. The molecule has 0 unspecified atom stereocenters. The number of benzene rings is 1. The molecule has 0 atom stereocenters. The molecular weight excluding hydrogens is 186 g/mol. The zero-order valence-electron chi connectivity index (χ0n) is 9.99. The Hall–Kier alpha value is -1.02. The second-order valence-electron chi connectivity index (χ2n) is 3.69. The van der Waals surface area contributed by atoms with Crippen LogP contribution >= 0.6 is 0 Å². The van der Waals surface area contributed by atoms with Crippen molar-refractivity contribution < 1.29 is 4.74 Å². The van der Waals surface area contributed by atoms with Crippen molar-refractivity contribution in [3.05, 3.63) is 29.8 Å². The highest BCUT2D eigenvalue weighted by molar-refractivity contribution is 5.27. The topological polar surface area (TPSA) is 12.5 Å². The first-order valence-corrected chi connectivity index (χ1v) is 5.68. The molecule has 0 aliphatic carbocycles. The molecule has 0 radical (unpaired) electrons. The van der Waals surface area contributed by atoms with Crippen LogP contribution in [-0.4, -0.2) is 31.1 Å². The normalized spacial score (nSPS) is 10.7. The van der Waals surface area contributed by atoms with Gasteiger partial charge in [0, 0.05) is 6.54 Å². The van der Waals surface area contributed by atoms with Gasteiger partial charge in [0.2, 0.25) is 0 Å². The molecule has 0 saturated heterocycles. The van der Waals surface area contributed by atoms with Crippen LogP contribution < -0.4 is 4.74 Å². The van der Waals surface area contributed by atoms with Crippen LogP contribution in [0.25, 0.3) is 0 Å². The van der Waals surface area contributed by atoms with Crippen LogP contribution in [-0.2, 0) is 0 Å². The van der Waals surface area contributed by atoms with E-state index in [0.29, 0.717) is 0 Å². The molecule has 1 rings (SSSR count). The molecular formula is C13H21NO. The van der Waals surface area contributed by atoms with E-state index in [4.69, 9.17) is 4.74 Å².